The quantitative estimate of drug-likeness (QED) is 0.606. The molecule has 0 atom stereocenters. The van der Waals surface area contributed by atoms with Crippen molar-refractivity contribution in [3.63, 3.8) is 0 Å². The third-order valence-electron chi connectivity index (χ3n) is 3.10. The maximum Gasteiger partial charge on any atom is 0.354 e. The number of methoxy groups -OCH3 is 2. The zero-order chi connectivity index (χ0) is 19.1. The van der Waals surface area contributed by atoms with Crippen LogP contribution in [0, 0.1) is 5.82 Å². The van der Waals surface area contributed by atoms with Crippen LogP contribution in [0.15, 0.2) is 54.2 Å². The third kappa shape index (κ3) is 5.22. The van der Waals surface area contributed by atoms with Crippen LogP contribution in [0.1, 0.15) is 0 Å². The lowest BCUT2D eigenvalue weighted by Crippen LogP contribution is -2.15. The van der Waals surface area contributed by atoms with Crippen molar-refractivity contribution in [3.05, 3.63) is 65.1 Å². The first-order valence-corrected chi connectivity index (χ1v) is 7.68. The molecule has 2 aromatic carbocycles. The molecule has 2 rings (SSSR count). The number of benzene rings is 2. The molecule has 26 heavy (non-hydrogen) atoms. The zero-order valence-corrected chi connectivity index (χ0v) is 14.7. The minimum atomic E-state index is -0.758. The van der Waals surface area contributed by atoms with Gasteiger partial charge in [0.05, 0.1) is 25.3 Å². The lowest BCUT2D eigenvalue weighted by molar-refractivity contribution is -0.138. The van der Waals surface area contributed by atoms with Gasteiger partial charge < -0.3 is 19.5 Å². The van der Waals surface area contributed by atoms with Gasteiger partial charge in [0.1, 0.15) is 23.0 Å². The average Bonchev–Trinajstić information content (AvgIpc) is 2.62. The number of nitrogens with one attached hydrogen (secondary N) is 1. The molecule has 0 heterocycles. The van der Waals surface area contributed by atoms with Gasteiger partial charge in [0.15, 0.2) is 0 Å². The highest BCUT2D eigenvalue weighted by atomic mass is 35.5. The van der Waals surface area contributed by atoms with Crippen molar-refractivity contribution < 1.29 is 28.2 Å². The summed E-state index contributed by atoms with van der Waals surface area (Å²) in [4.78, 5) is 23.1. The second-order valence-corrected chi connectivity index (χ2v) is 5.31. The van der Waals surface area contributed by atoms with Gasteiger partial charge in [-0.15, -0.1) is 0 Å². The molecule has 0 amide bonds. The molecule has 0 bridgehead atoms. The lowest BCUT2D eigenvalue weighted by Gasteiger charge is -2.12. The van der Waals surface area contributed by atoms with Gasteiger partial charge in [-0.3, -0.25) is 0 Å². The highest BCUT2D eigenvalue weighted by molar-refractivity contribution is 6.32. The van der Waals surface area contributed by atoms with Gasteiger partial charge in [0.25, 0.3) is 0 Å². The monoisotopic (exact) mass is 379 g/mol. The molecule has 0 aliphatic rings. The largest absolute Gasteiger partial charge is 0.466 e. The molecule has 0 unspecified atom stereocenters. The fourth-order valence-corrected chi connectivity index (χ4v) is 2.13. The lowest BCUT2D eigenvalue weighted by atomic mass is 10.2. The first kappa shape index (κ1) is 19.3. The summed E-state index contributed by atoms with van der Waals surface area (Å²) in [6, 6.07) is 10.2. The molecule has 0 saturated carbocycles. The maximum absolute atomic E-state index is 13.2. The highest BCUT2D eigenvalue weighted by Gasteiger charge is 2.14. The molecule has 0 saturated heterocycles. The topological polar surface area (TPSA) is 73.9 Å². The molecule has 0 radical (unpaired) electrons. The van der Waals surface area contributed by atoms with E-state index in [4.69, 9.17) is 16.3 Å². The molecular weight excluding hydrogens is 365 g/mol. The van der Waals surface area contributed by atoms with E-state index < -0.39 is 17.8 Å². The van der Waals surface area contributed by atoms with Crippen molar-refractivity contribution >= 4 is 29.2 Å². The molecule has 0 spiro atoms. The number of rotatable bonds is 6. The minimum absolute atomic E-state index is 0.130. The standard InChI is InChI=1S/C18H15ClFNO5/c1-24-17(22)10-15(18(23)25-2)21-12-6-7-16(14(19)9-12)26-13-5-3-4-11(20)8-13/h3-10,21H,1-2H3/b15-10+. The van der Waals surface area contributed by atoms with Gasteiger partial charge in [-0.05, 0) is 30.3 Å². The first-order valence-electron chi connectivity index (χ1n) is 7.31. The van der Waals surface area contributed by atoms with Gasteiger partial charge in [-0.2, -0.15) is 0 Å². The summed E-state index contributed by atoms with van der Waals surface area (Å²) in [6.45, 7) is 0. The van der Waals surface area contributed by atoms with E-state index in [0.29, 0.717) is 11.4 Å². The van der Waals surface area contributed by atoms with Crippen molar-refractivity contribution in [2.45, 2.75) is 0 Å². The van der Waals surface area contributed by atoms with Crippen LogP contribution in [0.25, 0.3) is 0 Å². The smallest absolute Gasteiger partial charge is 0.354 e. The number of carbonyl (C=O) groups excluding carboxylic acids is 2. The van der Waals surface area contributed by atoms with E-state index >= 15 is 0 Å². The van der Waals surface area contributed by atoms with E-state index in [9.17, 15) is 14.0 Å². The fraction of sp³-hybridized carbons (Fsp3) is 0.111. The van der Waals surface area contributed by atoms with Crippen LogP contribution in [0.2, 0.25) is 5.02 Å². The normalized spacial score (nSPS) is 10.8. The van der Waals surface area contributed by atoms with Crippen molar-refractivity contribution in [1.82, 2.24) is 0 Å². The third-order valence-corrected chi connectivity index (χ3v) is 3.40. The van der Waals surface area contributed by atoms with Crippen molar-refractivity contribution in [1.29, 1.82) is 0 Å². The maximum atomic E-state index is 13.2. The zero-order valence-electron chi connectivity index (χ0n) is 13.9. The SMILES string of the molecule is COC(=O)/C=C(/Nc1ccc(Oc2cccc(F)c2)c(Cl)c1)C(=O)OC. The number of hydrogen-bond donors (Lipinski definition) is 1. The van der Waals surface area contributed by atoms with Crippen LogP contribution in [-0.4, -0.2) is 26.2 Å². The number of ether oxygens (including phenoxy) is 3. The summed E-state index contributed by atoms with van der Waals surface area (Å²) in [7, 11) is 2.36. The number of halogens is 2. The van der Waals surface area contributed by atoms with Crippen LogP contribution < -0.4 is 10.1 Å². The van der Waals surface area contributed by atoms with Crippen LogP contribution in [0.5, 0.6) is 11.5 Å². The van der Waals surface area contributed by atoms with Gasteiger partial charge in [-0.1, -0.05) is 17.7 Å². The fourth-order valence-electron chi connectivity index (χ4n) is 1.91. The number of carbonyl (C=O) groups is 2. The molecule has 0 aliphatic heterocycles. The molecule has 0 aliphatic carbocycles. The van der Waals surface area contributed by atoms with E-state index in [1.807, 2.05) is 0 Å². The Labute approximate surface area is 154 Å². The molecule has 6 nitrogen and oxygen atoms in total. The minimum Gasteiger partial charge on any atom is -0.466 e. The Morgan fingerprint density at radius 3 is 2.50 bits per heavy atom. The van der Waals surface area contributed by atoms with E-state index in [1.54, 1.807) is 12.1 Å². The molecule has 0 fully saturated rings. The Balaban J connectivity index is 2.21. The van der Waals surface area contributed by atoms with Gasteiger partial charge in [0, 0.05) is 11.8 Å². The van der Waals surface area contributed by atoms with Crippen molar-refractivity contribution in [2.75, 3.05) is 19.5 Å². The average molecular weight is 380 g/mol. The van der Waals surface area contributed by atoms with Crippen molar-refractivity contribution in [2.24, 2.45) is 0 Å². The Bertz CT molecular complexity index is 853. The molecule has 8 heteroatoms. The summed E-state index contributed by atoms with van der Waals surface area (Å²) in [5.41, 5.74) is 0.274. The molecule has 136 valence electrons. The van der Waals surface area contributed by atoms with E-state index in [2.05, 4.69) is 14.8 Å². The highest BCUT2D eigenvalue weighted by Crippen LogP contribution is 2.32. The van der Waals surface area contributed by atoms with E-state index in [1.165, 1.54) is 44.6 Å². The second kappa shape index (κ2) is 8.87. The van der Waals surface area contributed by atoms with Crippen LogP contribution in [0.3, 0.4) is 0 Å². The van der Waals surface area contributed by atoms with Gasteiger partial charge in [0.2, 0.25) is 0 Å². The number of anilines is 1. The van der Waals surface area contributed by atoms with Crippen LogP contribution in [0.4, 0.5) is 10.1 Å². The predicted octanol–water partition coefficient (Wildman–Crippen LogP) is 3.91. The first-order chi connectivity index (χ1) is 12.4. The van der Waals surface area contributed by atoms with Crippen LogP contribution >= 0.6 is 11.6 Å². The van der Waals surface area contributed by atoms with Gasteiger partial charge in [-0.25, -0.2) is 14.0 Å². The predicted molar refractivity (Wildman–Crippen MR) is 93.7 cm³/mol. The molecule has 1 N–H and O–H groups in total. The summed E-state index contributed by atoms with van der Waals surface area (Å²) >= 11 is 6.16. The molecular formula is C18H15ClFNO5. The molecule has 2 aromatic rings. The Kier molecular flexibility index (Phi) is 6.57. The Morgan fingerprint density at radius 1 is 1.12 bits per heavy atom. The van der Waals surface area contributed by atoms with Crippen molar-refractivity contribution in [3.8, 4) is 11.5 Å². The Hall–Kier alpha value is -3.06. The van der Waals surface area contributed by atoms with E-state index in [-0.39, 0.29) is 16.5 Å². The summed E-state index contributed by atoms with van der Waals surface area (Å²) in [6.07, 6.45) is 0.955. The van der Waals surface area contributed by atoms with Gasteiger partial charge >= 0.3 is 11.9 Å². The number of hydrogen-bond acceptors (Lipinski definition) is 6. The van der Waals surface area contributed by atoms with E-state index in [0.717, 1.165) is 6.08 Å². The Morgan fingerprint density at radius 2 is 1.88 bits per heavy atom. The summed E-state index contributed by atoms with van der Waals surface area (Å²) < 4.78 is 27.8. The molecule has 0 aromatic heterocycles. The summed E-state index contributed by atoms with van der Waals surface area (Å²) in [5.74, 6) is -1.35. The second-order valence-electron chi connectivity index (χ2n) is 4.90. The number of esters is 2. The summed E-state index contributed by atoms with van der Waals surface area (Å²) in [5, 5.41) is 2.93. The van der Waals surface area contributed by atoms with Crippen LogP contribution in [-0.2, 0) is 19.1 Å².